The van der Waals surface area contributed by atoms with E-state index in [1.54, 1.807) is 37.3 Å². The van der Waals surface area contributed by atoms with Crippen LogP contribution in [0.15, 0.2) is 59.0 Å². The molecule has 0 unspecified atom stereocenters. The monoisotopic (exact) mass is 500 g/mol. The number of oxazole rings is 1. The SMILES string of the molecule is COc1ccc(-c2nc(C(=O)N[C@@H](C)[C@H](O)c3ccccc3)c(CN)o2)c2ccc(C(F)(F)F)nc12. The number of methoxy groups -OCH3 is 1. The van der Waals surface area contributed by atoms with Gasteiger partial charge in [0.25, 0.3) is 5.91 Å². The molecule has 11 heteroatoms. The van der Waals surface area contributed by atoms with Gasteiger partial charge in [-0.2, -0.15) is 13.2 Å². The molecule has 188 valence electrons. The van der Waals surface area contributed by atoms with Crippen LogP contribution in [0.3, 0.4) is 0 Å². The third-order valence-corrected chi connectivity index (χ3v) is 5.63. The molecule has 4 N–H and O–H groups in total. The standard InChI is InChI=1S/C25H23F3N4O4/c1-13(22(33)14-6-4-3-5-7-14)30-23(34)21-18(12-29)36-24(32-21)16-8-10-17(35-2)20-15(16)9-11-19(31-20)25(26,27)28/h3-11,13,22,33H,12,29H2,1-2H3,(H,30,34)/t13-,22-/m0/s1. The highest BCUT2D eigenvalue weighted by Crippen LogP contribution is 2.37. The molecule has 2 atom stereocenters. The van der Waals surface area contributed by atoms with Gasteiger partial charge in [-0.1, -0.05) is 30.3 Å². The Bertz CT molecular complexity index is 1390. The van der Waals surface area contributed by atoms with E-state index in [0.717, 1.165) is 6.07 Å². The average molecular weight is 500 g/mol. The van der Waals surface area contributed by atoms with Crippen molar-refractivity contribution in [2.75, 3.05) is 7.11 Å². The molecule has 0 aliphatic heterocycles. The third kappa shape index (κ3) is 4.88. The topological polar surface area (TPSA) is 124 Å². The van der Waals surface area contributed by atoms with Gasteiger partial charge in [-0.25, -0.2) is 9.97 Å². The Morgan fingerprint density at radius 1 is 1.14 bits per heavy atom. The lowest BCUT2D eigenvalue weighted by molar-refractivity contribution is -0.140. The molecular formula is C25H23F3N4O4. The predicted octanol–water partition coefficient (Wildman–Crippen LogP) is 4.23. The minimum Gasteiger partial charge on any atom is -0.494 e. The highest BCUT2D eigenvalue weighted by molar-refractivity contribution is 5.98. The Morgan fingerprint density at radius 3 is 2.50 bits per heavy atom. The summed E-state index contributed by atoms with van der Waals surface area (Å²) in [4.78, 5) is 21.0. The van der Waals surface area contributed by atoms with Gasteiger partial charge in [-0.05, 0) is 36.8 Å². The van der Waals surface area contributed by atoms with Crippen molar-refractivity contribution in [1.29, 1.82) is 0 Å². The number of aromatic nitrogens is 2. The summed E-state index contributed by atoms with van der Waals surface area (Å²) in [6.07, 6.45) is -5.61. The van der Waals surface area contributed by atoms with Crippen molar-refractivity contribution in [1.82, 2.24) is 15.3 Å². The molecule has 0 saturated carbocycles. The number of hydrogen-bond acceptors (Lipinski definition) is 7. The molecule has 2 aromatic heterocycles. The molecule has 0 aliphatic rings. The summed E-state index contributed by atoms with van der Waals surface area (Å²) in [7, 11) is 1.32. The molecule has 0 radical (unpaired) electrons. The number of rotatable bonds is 7. The molecule has 0 bridgehead atoms. The summed E-state index contributed by atoms with van der Waals surface area (Å²) in [6.45, 7) is 1.48. The average Bonchev–Trinajstić information content (AvgIpc) is 3.31. The van der Waals surface area contributed by atoms with Crippen LogP contribution in [-0.4, -0.2) is 34.1 Å². The number of hydrogen-bond donors (Lipinski definition) is 3. The Balaban J connectivity index is 1.69. The van der Waals surface area contributed by atoms with E-state index in [1.165, 1.54) is 19.2 Å². The Hall–Kier alpha value is -3.96. The number of carbonyl (C=O) groups is 1. The largest absolute Gasteiger partial charge is 0.494 e. The number of fused-ring (bicyclic) bond motifs is 1. The number of ether oxygens (including phenoxy) is 1. The van der Waals surface area contributed by atoms with Crippen LogP contribution < -0.4 is 15.8 Å². The quantitative estimate of drug-likeness (QED) is 0.347. The van der Waals surface area contributed by atoms with Gasteiger partial charge in [0.05, 0.1) is 25.8 Å². The van der Waals surface area contributed by atoms with Crippen molar-refractivity contribution in [2.45, 2.75) is 31.8 Å². The van der Waals surface area contributed by atoms with Crippen molar-refractivity contribution in [2.24, 2.45) is 5.73 Å². The van der Waals surface area contributed by atoms with E-state index in [4.69, 9.17) is 14.9 Å². The zero-order valence-corrected chi connectivity index (χ0v) is 19.3. The van der Waals surface area contributed by atoms with Crippen LogP contribution in [0, 0.1) is 0 Å². The van der Waals surface area contributed by atoms with E-state index in [0.29, 0.717) is 11.1 Å². The molecule has 0 spiro atoms. The highest BCUT2D eigenvalue weighted by Gasteiger charge is 2.33. The molecule has 0 aliphatic carbocycles. The summed E-state index contributed by atoms with van der Waals surface area (Å²) < 4.78 is 50.6. The lowest BCUT2D eigenvalue weighted by Crippen LogP contribution is -2.37. The lowest BCUT2D eigenvalue weighted by atomic mass is 10.0. The lowest BCUT2D eigenvalue weighted by Gasteiger charge is -2.20. The summed E-state index contributed by atoms with van der Waals surface area (Å²) in [5, 5.41) is 13.5. The first-order chi connectivity index (χ1) is 17.1. The van der Waals surface area contributed by atoms with Crippen LogP contribution in [0.25, 0.3) is 22.4 Å². The van der Waals surface area contributed by atoms with Gasteiger partial charge in [-0.3, -0.25) is 4.79 Å². The van der Waals surface area contributed by atoms with Gasteiger partial charge >= 0.3 is 6.18 Å². The molecule has 1 amide bonds. The molecule has 4 aromatic rings. The fourth-order valence-electron chi connectivity index (χ4n) is 3.78. The van der Waals surface area contributed by atoms with E-state index in [1.807, 2.05) is 6.07 Å². The number of pyridine rings is 1. The number of aliphatic hydroxyl groups is 1. The second kappa shape index (κ2) is 9.96. The van der Waals surface area contributed by atoms with Crippen molar-refractivity contribution < 1.29 is 32.2 Å². The summed E-state index contributed by atoms with van der Waals surface area (Å²) in [5.41, 5.74) is 5.49. The normalized spacial score (nSPS) is 13.4. The number of amides is 1. The molecule has 8 nitrogen and oxygen atoms in total. The highest BCUT2D eigenvalue weighted by atomic mass is 19.4. The van der Waals surface area contributed by atoms with Crippen molar-refractivity contribution >= 4 is 16.8 Å². The third-order valence-electron chi connectivity index (χ3n) is 5.63. The molecule has 4 rings (SSSR count). The van der Waals surface area contributed by atoms with Crippen LogP contribution in [0.2, 0.25) is 0 Å². The van der Waals surface area contributed by atoms with Crippen molar-refractivity contribution in [3.63, 3.8) is 0 Å². The number of nitrogens with zero attached hydrogens (tertiary/aromatic N) is 2. The van der Waals surface area contributed by atoms with Crippen molar-refractivity contribution in [3.8, 4) is 17.2 Å². The first-order valence-corrected chi connectivity index (χ1v) is 10.9. The summed E-state index contributed by atoms with van der Waals surface area (Å²) >= 11 is 0. The predicted molar refractivity (Wildman–Crippen MR) is 125 cm³/mol. The second-order valence-corrected chi connectivity index (χ2v) is 8.02. The van der Waals surface area contributed by atoms with E-state index >= 15 is 0 Å². The van der Waals surface area contributed by atoms with Gasteiger partial charge in [-0.15, -0.1) is 0 Å². The maximum absolute atomic E-state index is 13.2. The van der Waals surface area contributed by atoms with Gasteiger partial charge in [0.15, 0.2) is 11.5 Å². The smallest absolute Gasteiger partial charge is 0.433 e. The number of nitrogens with two attached hydrogens (primary N) is 1. The Kier molecular flexibility index (Phi) is 6.95. The number of carbonyl (C=O) groups excluding carboxylic acids is 1. The van der Waals surface area contributed by atoms with E-state index in [9.17, 15) is 23.1 Å². The molecule has 0 fully saturated rings. The zero-order valence-electron chi connectivity index (χ0n) is 19.3. The Labute approximate surface area is 203 Å². The van der Waals surface area contributed by atoms with Gasteiger partial charge in [0, 0.05) is 10.9 Å². The molecular weight excluding hydrogens is 477 g/mol. The van der Waals surface area contributed by atoms with Crippen LogP contribution >= 0.6 is 0 Å². The van der Waals surface area contributed by atoms with Crippen LogP contribution in [-0.2, 0) is 12.7 Å². The molecule has 2 aromatic carbocycles. The maximum atomic E-state index is 13.2. The van der Waals surface area contributed by atoms with Gasteiger partial charge < -0.3 is 25.3 Å². The van der Waals surface area contributed by atoms with Gasteiger partial charge in [0.2, 0.25) is 5.89 Å². The first kappa shape index (κ1) is 25.1. The fourth-order valence-corrected chi connectivity index (χ4v) is 3.78. The zero-order chi connectivity index (χ0) is 26.0. The fraction of sp³-hybridized carbons (Fsp3) is 0.240. The number of benzene rings is 2. The number of aliphatic hydroxyl groups excluding tert-OH is 1. The maximum Gasteiger partial charge on any atom is 0.433 e. The van der Waals surface area contributed by atoms with Crippen molar-refractivity contribution in [3.05, 3.63) is 77.3 Å². The minimum atomic E-state index is -4.64. The van der Waals surface area contributed by atoms with E-state index in [2.05, 4.69) is 15.3 Å². The van der Waals surface area contributed by atoms with Crippen LogP contribution in [0.4, 0.5) is 13.2 Å². The molecule has 0 saturated heterocycles. The van der Waals surface area contributed by atoms with Crippen LogP contribution in [0.1, 0.15) is 40.5 Å². The number of nitrogens with one attached hydrogen (secondary N) is 1. The number of halogens is 3. The first-order valence-electron chi connectivity index (χ1n) is 10.9. The Morgan fingerprint density at radius 2 is 1.86 bits per heavy atom. The number of alkyl halides is 3. The molecule has 2 heterocycles. The summed E-state index contributed by atoms with van der Waals surface area (Å²) in [5.74, 6) is -0.436. The summed E-state index contributed by atoms with van der Waals surface area (Å²) in [6, 6.07) is 13.2. The van der Waals surface area contributed by atoms with E-state index in [-0.39, 0.29) is 40.5 Å². The second-order valence-electron chi connectivity index (χ2n) is 8.02. The van der Waals surface area contributed by atoms with E-state index < -0.39 is 29.9 Å². The molecule has 36 heavy (non-hydrogen) atoms. The van der Waals surface area contributed by atoms with Crippen LogP contribution in [0.5, 0.6) is 5.75 Å². The minimum absolute atomic E-state index is 0.0222. The van der Waals surface area contributed by atoms with Gasteiger partial charge in [0.1, 0.15) is 17.0 Å².